The third-order valence-corrected chi connectivity index (χ3v) is 4.45. The van der Waals surface area contributed by atoms with Gasteiger partial charge in [0.1, 0.15) is 0 Å². The van der Waals surface area contributed by atoms with Gasteiger partial charge in [-0.1, -0.05) is 33.6 Å². The topological polar surface area (TPSA) is 41.5 Å². The first-order valence-electron chi connectivity index (χ1n) is 7.95. The van der Waals surface area contributed by atoms with Crippen LogP contribution in [0.2, 0.25) is 0 Å². The van der Waals surface area contributed by atoms with E-state index in [0.717, 1.165) is 13.0 Å². The summed E-state index contributed by atoms with van der Waals surface area (Å²) in [5, 5.41) is 13.3. The molecule has 112 valence electrons. The molecule has 2 rings (SSSR count). The molecule has 2 unspecified atom stereocenters. The van der Waals surface area contributed by atoms with Gasteiger partial charge in [-0.25, -0.2) is 0 Å². The largest absolute Gasteiger partial charge is 0.392 e. The minimum atomic E-state index is -0.248. The fourth-order valence-corrected chi connectivity index (χ4v) is 3.62. The molecule has 2 fully saturated rings. The first-order valence-corrected chi connectivity index (χ1v) is 7.95. The van der Waals surface area contributed by atoms with Gasteiger partial charge >= 0.3 is 0 Å². The van der Waals surface area contributed by atoms with E-state index >= 15 is 0 Å². The maximum atomic E-state index is 9.96. The van der Waals surface area contributed by atoms with Crippen LogP contribution in [0, 0.1) is 5.41 Å². The van der Waals surface area contributed by atoms with Gasteiger partial charge in [0.15, 0.2) is 0 Å². The van der Waals surface area contributed by atoms with Gasteiger partial charge in [-0.3, -0.25) is 0 Å². The minimum Gasteiger partial charge on any atom is -0.392 e. The smallest absolute Gasteiger partial charge is 0.0708 e. The lowest BCUT2D eigenvalue weighted by Crippen LogP contribution is -2.36. The van der Waals surface area contributed by atoms with Crippen LogP contribution >= 0.6 is 0 Å². The van der Waals surface area contributed by atoms with Crippen molar-refractivity contribution in [2.24, 2.45) is 5.41 Å². The van der Waals surface area contributed by atoms with Crippen LogP contribution < -0.4 is 5.32 Å². The molecule has 2 N–H and O–H groups in total. The van der Waals surface area contributed by atoms with E-state index in [4.69, 9.17) is 4.74 Å². The molecule has 3 heteroatoms. The highest BCUT2D eigenvalue weighted by Gasteiger charge is 2.41. The van der Waals surface area contributed by atoms with Gasteiger partial charge in [-0.15, -0.1) is 0 Å². The van der Waals surface area contributed by atoms with E-state index in [0.29, 0.717) is 12.6 Å². The molecule has 3 nitrogen and oxygen atoms in total. The lowest BCUT2D eigenvalue weighted by molar-refractivity contribution is -0.0358. The van der Waals surface area contributed by atoms with Gasteiger partial charge in [0.05, 0.1) is 17.8 Å². The molecule has 1 spiro atoms. The van der Waals surface area contributed by atoms with Crippen molar-refractivity contribution in [2.75, 3.05) is 13.1 Å². The Kier molecular flexibility index (Phi) is 4.91. The van der Waals surface area contributed by atoms with Gasteiger partial charge in [0.25, 0.3) is 0 Å². The molecule has 1 heterocycles. The predicted octanol–water partition coefficient (Wildman–Crippen LogP) is 2.86. The van der Waals surface area contributed by atoms with Crippen LogP contribution in [-0.2, 0) is 4.74 Å². The molecule has 1 aliphatic heterocycles. The van der Waals surface area contributed by atoms with Crippen molar-refractivity contribution in [3.63, 3.8) is 0 Å². The SMILES string of the molecule is CC(C)(C)CC(O)CNCC1CCC2(CCCC2)O1. The van der Waals surface area contributed by atoms with E-state index in [-0.39, 0.29) is 17.1 Å². The van der Waals surface area contributed by atoms with Crippen LogP contribution in [0.5, 0.6) is 0 Å². The quantitative estimate of drug-likeness (QED) is 0.806. The Balaban J connectivity index is 1.62. The molecule has 0 aromatic heterocycles. The van der Waals surface area contributed by atoms with E-state index in [2.05, 4.69) is 26.1 Å². The highest BCUT2D eigenvalue weighted by molar-refractivity contribution is 4.93. The molecule has 19 heavy (non-hydrogen) atoms. The summed E-state index contributed by atoms with van der Waals surface area (Å²) in [5.74, 6) is 0. The Morgan fingerprint density at radius 2 is 1.95 bits per heavy atom. The lowest BCUT2D eigenvalue weighted by Gasteiger charge is -2.25. The summed E-state index contributed by atoms with van der Waals surface area (Å²) in [4.78, 5) is 0. The number of hydrogen-bond donors (Lipinski definition) is 2. The van der Waals surface area contributed by atoms with E-state index in [1.165, 1.54) is 38.5 Å². The normalized spacial score (nSPS) is 28.1. The van der Waals surface area contributed by atoms with Crippen molar-refractivity contribution < 1.29 is 9.84 Å². The predicted molar refractivity (Wildman–Crippen MR) is 78.3 cm³/mol. The number of rotatable bonds is 5. The molecular weight excluding hydrogens is 238 g/mol. The molecular formula is C16H31NO2. The van der Waals surface area contributed by atoms with E-state index in [1.54, 1.807) is 0 Å². The molecule has 2 atom stereocenters. The summed E-state index contributed by atoms with van der Waals surface area (Å²) in [6, 6.07) is 0. The van der Waals surface area contributed by atoms with Crippen LogP contribution in [0.25, 0.3) is 0 Å². The fourth-order valence-electron chi connectivity index (χ4n) is 3.62. The van der Waals surface area contributed by atoms with Crippen molar-refractivity contribution in [1.82, 2.24) is 5.32 Å². The average molecular weight is 269 g/mol. The average Bonchev–Trinajstić information content (AvgIpc) is 2.88. The van der Waals surface area contributed by atoms with Crippen LogP contribution in [0.15, 0.2) is 0 Å². The second-order valence-electron chi connectivity index (χ2n) is 7.75. The highest BCUT2D eigenvalue weighted by Crippen LogP contribution is 2.43. The molecule has 1 saturated heterocycles. The number of aliphatic hydroxyl groups is 1. The number of nitrogens with one attached hydrogen (secondary N) is 1. The van der Waals surface area contributed by atoms with Gasteiger partial charge in [0.2, 0.25) is 0 Å². The summed E-state index contributed by atoms with van der Waals surface area (Å²) in [5.41, 5.74) is 0.426. The molecule has 2 aliphatic rings. The minimum absolute atomic E-state index is 0.193. The second kappa shape index (κ2) is 6.11. The molecule has 0 amide bonds. The van der Waals surface area contributed by atoms with Crippen LogP contribution in [-0.4, -0.2) is 36.0 Å². The van der Waals surface area contributed by atoms with Crippen molar-refractivity contribution >= 4 is 0 Å². The maximum Gasteiger partial charge on any atom is 0.0708 e. The third kappa shape index (κ3) is 4.73. The number of ether oxygens (including phenoxy) is 1. The van der Waals surface area contributed by atoms with Gasteiger partial charge in [-0.2, -0.15) is 0 Å². The second-order valence-corrected chi connectivity index (χ2v) is 7.75. The molecule has 0 radical (unpaired) electrons. The summed E-state index contributed by atoms with van der Waals surface area (Å²) < 4.78 is 6.25. The zero-order valence-electron chi connectivity index (χ0n) is 12.9. The first-order chi connectivity index (χ1) is 8.89. The summed E-state index contributed by atoms with van der Waals surface area (Å²) in [6.45, 7) is 8.08. The Morgan fingerprint density at radius 3 is 2.58 bits per heavy atom. The highest BCUT2D eigenvalue weighted by atomic mass is 16.5. The Labute approximate surface area is 118 Å². The van der Waals surface area contributed by atoms with E-state index in [9.17, 15) is 5.11 Å². The van der Waals surface area contributed by atoms with Gasteiger partial charge in [0, 0.05) is 13.1 Å². The molecule has 0 bridgehead atoms. The van der Waals surface area contributed by atoms with Crippen molar-refractivity contribution in [2.45, 2.75) is 83.5 Å². The monoisotopic (exact) mass is 269 g/mol. The number of aliphatic hydroxyl groups excluding tert-OH is 1. The van der Waals surface area contributed by atoms with Crippen LogP contribution in [0.4, 0.5) is 0 Å². The van der Waals surface area contributed by atoms with Crippen LogP contribution in [0.1, 0.15) is 65.7 Å². The van der Waals surface area contributed by atoms with E-state index in [1.807, 2.05) is 0 Å². The molecule has 1 aliphatic carbocycles. The Hall–Kier alpha value is -0.120. The van der Waals surface area contributed by atoms with Gasteiger partial charge < -0.3 is 15.2 Å². The standard InChI is InChI=1S/C16H31NO2/c1-15(2,3)10-13(18)11-17-12-14-6-9-16(19-14)7-4-5-8-16/h13-14,17-18H,4-12H2,1-3H3. The van der Waals surface area contributed by atoms with Crippen molar-refractivity contribution in [3.8, 4) is 0 Å². The lowest BCUT2D eigenvalue weighted by atomic mass is 9.89. The van der Waals surface area contributed by atoms with Crippen LogP contribution in [0.3, 0.4) is 0 Å². The zero-order valence-corrected chi connectivity index (χ0v) is 12.9. The summed E-state index contributed by atoms with van der Waals surface area (Å²) in [7, 11) is 0. The van der Waals surface area contributed by atoms with Gasteiger partial charge in [-0.05, 0) is 37.5 Å². The van der Waals surface area contributed by atoms with E-state index < -0.39 is 0 Å². The Morgan fingerprint density at radius 1 is 1.26 bits per heavy atom. The molecule has 0 aromatic rings. The molecule has 1 saturated carbocycles. The van der Waals surface area contributed by atoms with Crippen molar-refractivity contribution in [1.29, 1.82) is 0 Å². The maximum absolute atomic E-state index is 9.96. The molecule has 0 aromatic carbocycles. The number of hydrogen-bond acceptors (Lipinski definition) is 3. The first kappa shape index (κ1) is 15.3. The van der Waals surface area contributed by atoms with Crippen molar-refractivity contribution in [3.05, 3.63) is 0 Å². The summed E-state index contributed by atoms with van der Waals surface area (Å²) in [6.07, 6.45) is 8.57. The summed E-state index contributed by atoms with van der Waals surface area (Å²) >= 11 is 0. The fraction of sp³-hybridized carbons (Fsp3) is 1.00. The third-order valence-electron chi connectivity index (χ3n) is 4.45. The Bertz CT molecular complexity index is 279. The zero-order chi connectivity index (χ0) is 13.9.